The van der Waals surface area contributed by atoms with E-state index < -0.39 is 0 Å². The summed E-state index contributed by atoms with van der Waals surface area (Å²) in [5, 5.41) is 3.40. The van der Waals surface area contributed by atoms with Crippen LogP contribution >= 0.6 is 0 Å². The molecule has 1 N–H and O–H groups in total. The molecule has 1 aromatic heterocycles. The Morgan fingerprint density at radius 2 is 2.11 bits per heavy atom. The van der Waals surface area contributed by atoms with Crippen LogP contribution in [0, 0.1) is 0 Å². The van der Waals surface area contributed by atoms with Gasteiger partial charge in [0.2, 0.25) is 5.91 Å². The Kier molecular flexibility index (Phi) is 5.77. The highest BCUT2D eigenvalue weighted by molar-refractivity contribution is 5.87. The summed E-state index contributed by atoms with van der Waals surface area (Å²) in [4.78, 5) is 27.8. The standard InChI is InChI=1S/C20H30N6O2/c1-3-18(27)25-9-11-26(12-10-25)19-16-6-7-21-13-17(16)22-20(23-19)28-14-15-5-4-8-24(15)2/h3,15,21H,1,4-14H2,2H3/t15-/m0/s1. The maximum atomic E-state index is 11.9. The van der Waals surface area contributed by atoms with Crippen LogP contribution in [0.5, 0.6) is 6.01 Å². The number of hydrogen-bond donors (Lipinski definition) is 1. The number of likely N-dealkylation sites (N-methyl/N-ethyl adjacent to an activating group) is 1. The zero-order valence-corrected chi connectivity index (χ0v) is 16.7. The molecule has 0 unspecified atom stereocenters. The number of amides is 1. The Labute approximate surface area is 166 Å². The van der Waals surface area contributed by atoms with E-state index in [0.29, 0.717) is 31.7 Å². The second-order valence-electron chi connectivity index (χ2n) is 7.79. The lowest BCUT2D eigenvalue weighted by molar-refractivity contribution is -0.126. The molecule has 0 saturated carbocycles. The van der Waals surface area contributed by atoms with E-state index in [2.05, 4.69) is 28.7 Å². The number of hydrogen-bond acceptors (Lipinski definition) is 7. The van der Waals surface area contributed by atoms with Crippen molar-refractivity contribution in [3.05, 3.63) is 23.9 Å². The van der Waals surface area contributed by atoms with E-state index >= 15 is 0 Å². The minimum Gasteiger partial charge on any atom is -0.462 e. The van der Waals surface area contributed by atoms with E-state index in [-0.39, 0.29) is 5.91 Å². The molecular weight excluding hydrogens is 356 g/mol. The highest BCUT2D eigenvalue weighted by Crippen LogP contribution is 2.27. The van der Waals surface area contributed by atoms with Crippen molar-refractivity contribution in [2.24, 2.45) is 0 Å². The summed E-state index contributed by atoms with van der Waals surface area (Å²) < 4.78 is 6.04. The Bertz CT molecular complexity index is 732. The van der Waals surface area contributed by atoms with Gasteiger partial charge in [0.25, 0.3) is 0 Å². The molecule has 3 aliphatic rings. The predicted molar refractivity (Wildman–Crippen MR) is 108 cm³/mol. The minimum absolute atomic E-state index is 0.00160. The summed E-state index contributed by atoms with van der Waals surface area (Å²) in [7, 11) is 2.15. The number of rotatable bonds is 5. The Morgan fingerprint density at radius 1 is 1.29 bits per heavy atom. The van der Waals surface area contributed by atoms with E-state index in [1.807, 2.05) is 4.90 Å². The SMILES string of the molecule is C=CC(=O)N1CCN(c2nc(OC[C@@H]3CCCN3C)nc3c2CCNC3)CC1. The van der Waals surface area contributed by atoms with Gasteiger partial charge in [-0.15, -0.1) is 0 Å². The van der Waals surface area contributed by atoms with Crippen molar-refractivity contribution in [3.8, 4) is 6.01 Å². The molecule has 152 valence electrons. The fourth-order valence-electron chi connectivity index (χ4n) is 4.27. The number of nitrogens with one attached hydrogen (secondary N) is 1. The fourth-order valence-corrected chi connectivity index (χ4v) is 4.27. The first kappa shape index (κ1) is 19.1. The number of aromatic nitrogens is 2. The van der Waals surface area contributed by atoms with E-state index in [1.165, 1.54) is 18.1 Å². The molecule has 0 radical (unpaired) electrons. The molecule has 3 aliphatic heterocycles. The number of nitrogens with zero attached hydrogens (tertiary/aromatic N) is 5. The topological polar surface area (TPSA) is 73.8 Å². The first-order chi connectivity index (χ1) is 13.7. The number of carbonyl (C=O) groups is 1. The molecule has 1 atom stereocenters. The molecule has 28 heavy (non-hydrogen) atoms. The van der Waals surface area contributed by atoms with Gasteiger partial charge in [-0.1, -0.05) is 6.58 Å². The number of ether oxygens (including phenoxy) is 1. The molecule has 0 bridgehead atoms. The van der Waals surface area contributed by atoms with Gasteiger partial charge in [-0.2, -0.15) is 9.97 Å². The van der Waals surface area contributed by atoms with Crippen LogP contribution in [0.4, 0.5) is 5.82 Å². The van der Waals surface area contributed by atoms with Crippen LogP contribution in [0.25, 0.3) is 0 Å². The first-order valence-electron chi connectivity index (χ1n) is 10.3. The van der Waals surface area contributed by atoms with Crippen molar-refractivity contribution in [2.75, 3.05) is 57.8 Å². The zero-order valence-electron chi connectivity index (χ0n) is 16.7. The summed E-state index contributed by atoms with van der Waals surface area (Å²) in [5.41, 5.74) is 2.25. The summed E-state index contributed by atoms with van der Waals surface area (Å²) in [6.45, 7) is 9.93. The van der Waals surface area contributed by atoms with Gasteiger partial charge in [0, 0.05) is 44.3 Å². The van der Waals surface area contributed by atoms with E-state index in [0.717, 1.165) is 57.1 Å². The van der Waals surface area contributed by atoms with Crippen molar-refractivity contribution in [1.82, 2.24) is 25.1 Å². The molecule has 2 saturated heterocycles. The normalized spacial score (nSPS) is 22.8. The molecule has 4 heterocycles. The summed E-state index contributed by atoms with van der Waals surface area (Å²) in [6.07, 6.45) is 4.69. The van der Waals surface area contributed by atoms with Crippen molar-refractivity contribution in [1.29, 1.82) is 0 Å². The molecule has 4 rings (SSSR count). The van der Waals surface area contributed by atoms with Gasteiger partial charge in [0.1, 0.15) is 12.4 Å². The third-order valence-corrected chi connectivity index (χ3v) is 6.04. The third kappa shape index (κ3) is 3.98. The molecule has 1 amide bonds. The molecule has 0 aromatic carbocycles. The van der Waals surface area contributed by atoms with Crippen LogP contribution < -0.4 is 15.0 Å². The first-order valence-corrected chi connectivity index (χ1v) is 10.3. The van der Waals surface area contributed by atoms with Crippen LogP contribution in [-0.4, -0.2) is 84.6 Å². The second kappa shape index (κ2) is 8.45. The maximum absolute atomic E-state index is 11.9. The lowest BCUT2D eigenvalue weighted by Gasteiger charge is -2.36. The van der Waals surface area contributed by atoms with Gasteiger partial charge in [-0.3, -0.25) is 4.79 Å². The highest BCUT2D eigenvalue weighted by atomic mass is 16.5. The van der Waals surface area contributed by atoms with E-state index in [4.69, 9.17) is 14.7 Å². The Balaban J connectivity index is 1.50. The van der Waals surface area contributed by atoms with Crippen molar-refractivity contribution < 1.29 is 9.53 Å². The molecule has 1 aromatic rings. The minimum atomic E-state index is -0.00160. The van der Waals surface area contributed by atoms with Crippen molar-refractivity contribution >= 4 is 11.7 Å². The van der Waals surface area contributed by atoms with Gasteiger partial charge < -0.3 is 24.8 Å². The van der Waals surface area contributed by atoms with Crippen LogP contribution in [0.15, 0.2) is 12.7 Å². The number of carbonyl (C=O) groups excluding carboxylic acids is 1. The van der Waals surface area contributed by atoms with Gasteiger partial charge in [-0.25, -0.2) is 0 Å². The van der Waals surface area contributed by atoms with Crippen LogP contribution in [0.1, 0.15) is 24.1 Å². The molecule has 0 aliphatic carbocycles. The van der Waals surface area contributed by atoms with Gasteiger partial charge in [0.05, 0.1) is 5.69 Å². The monoisotopic (exact) mass is 386 g/mol. The number of fused-ring (bicyclic) bond motifs is 1. The molecule has 2 fully saturated rings. The van der Waals surface area contributed by atoms with Crippen molar-refractivity contribution in [2.45, 2.75) is 31.8 Å². The Morgan fingerprint density at radius 3 is 2.82 bits per heavy atom. The van der Waals surface area contributed by atoms with Crippen LogP contribution in [0.3, 0.4) is 0 Å². The average Bonchev–Trinajstić information content (AvgIpc) is 3.16. The average molecular weight is 387 g/mol. The quantitative estimate of drug-likeness (QED) is 0.736. The number of likely N-dealkylation sites (tertiary alicyclic amines) is 1. The predicted octanol–water partition coefficient (Wildman–Crippen LogP) is 0.430. The summed E-state index contributed by atoms with van der Waals surface area (Å²) in [5.74, 6) is 0.977. The summed E-state index contributed by atoms with van der Waals surface area (Å²) in [6, 6.07) is 0.914. The van der Waals surface area contributed by atoms with Gasteiger partial charge in [0.15, 0.2) is 0 Å². The lowest BCUT2D eigenvalue weighted by Crippen LogP contribution is -2.49. The van der Waals surface area contributed by atoms with E-state index in [1.54, 1.807) is 0 Å². The molecule has 8 nitrogen and oxygen atoms in total. The van der Waals surface area contributed by atoms with Crippen LogP contribution in [0.2, 0.25) is 0 Å². The molecular formula is C20H30N6O2. The van der Waals surface area contributed by atoms with Gasteiger partial charge >= 0.3 is 6.01 Å². The molecule has 0 spiro atoms. The largest absolute Gasteiger partial charge is 0.462 e. The maximum Gasteiger partial charge on any atom is 0.318 e. The van der Waals surface area contributed by atoms with Crippen molar-refractivity contribution in [3.63, 3.8) is 0 Å². The zero-order chi connectivity index (χ0) is 19.5. The number of piperazine rings is 1. The third-order valence-electron chi connectivity index (χ3n) is 6.04. The van der Waals surface area contributed by atoms with Crippen LogP contribution in [-0.2, 0) is 17.8 Å². The highest BCUT2D eigenvalue weighted by Gasteiger charge is 2.27. The smallest absolute Gasteiger partial charge is 0.318 e. The number of anilines is 1. The second-order valence-corrected chi connectivity index (χ2v) is 7.79. The Hall–Kier alpha value is -2.19. The van der Waals surface area contributed by atoms with E-state index in [9.17, 15) is 4.79 Å². The molecule has 8 heteroatoms. The summed E-state index contributed by atoms with van der Waals surface area (Å²) >= 11 is 0. The van der Waals surface area contributed by atoms with Gasteiger partial charge in [-0.05, 0) is 45.5 Å². The fraction of sp³-hybridized carbons (Fsp3) is 0.650. The lowest BCUT2D eigenvalue weighted by atomic mass is 10.1.